The van der Waals surface area contributed by atoms with Crippen molar-refractivity contribution in [3.8, 4) is 5.75 Å². The van der Waals surface area contributed by atoms with E-state index in [1.165, 1.54) is 18.3 Å². The summed E-state index contributed by atoms with van der Waals surface area (Å²) >= 11 is 0. The number of pyridine rings is 1. The molecule has 0 bridgehead atoms. The number of fused-ring (bicyclic) bond motifs is 1. The van der Waals surface area contributed by atoms with Crippen LogP contribution in [0, 0.1) is 5.82 Å². The maximum absolute atomic E-state index is 15.3. The molecule has 0 spiro atoms. The van der Waals surface area contributed by atoms with E-state index in [9.17, 15) is 22.9 Å². The summed E-state index contributed by atoms with van der Waals surface area (Å²) in [7, 11) is -3.25. The zero-order valence-corrected chi connectivity index (χ0v) is 21.5. The minimum absolute atomic E-state index is 0.0209. The van der Waals surface area contributed by atoms with Gasteiger partial charge in [0.05, 0.1) is 28.4 Å². The molecule has 3 heterocycles. The number of amidine groups is 1. The van der Waals surface area contributed by atoms with Crippen LogP contribution < -0.4 is 20.1 Å². The van der Waals surface area contributed by atoms with Crippen LogP contribution in [-0.2, 0) is 22.2 Å². The number of nitrogens with one attached hydrogen (secondary N) is 3. The average molecular weight is 542 g/mol. The van der Waals surface area contributed by atoms with Gasteiger partial charge in [-0.3, -0.25) is 24.2 Å². The summed E-state index contributed by atoms with van der Waals surface area (Å²) in [6.45, 7) is 5.01. The molecule has 0 unspecified atom stereocenters. The predicted molar refractivity (Wildman–Crippen MR) is 135 cm³/mol. The molecule has 2 aliphatic rings. The molecular weight excluding hydrogens is 511 g/mol. The Balaban J connectivity index is 1.62. The van der Waals surface area contributed by atoms with E-state index < -0.39 is 50.6 Å². The van der Waals surface area contributed by atoms with Gasteiger partial charge in [0.15, 0.2) is 0 Å². The number of carbonyl (C=O) groups is 1. The zero-order valence-electron chi connectivity index (χ0n) is 20.6. The molecule has 4 rings (SSSR count). The predicted octanol–water partition coefficient (Wildman–Crippen LogP) is 3.44. The van der Waals surface area contributed by atoms with Crippen LogP contribution in [0.15, 0.2) is 41.5 Å². The van der Waals surface area contributed by atoms with Crippen molar-refractivity contribution in [3.05, 3.63) is 53.6 Å². The number of nitrogens with zero attached hydrogens (tertiary/aromatic N) is 2. The van der Waals surface area contributed by atoms with E-state index in [2.05, 4.69) is 25.3 Å². The van der Waals surface area contributed by atoms with Crippen molar-refractivity contribution in [1.82, 2.24) is 15.0 Å². The highest BCUT2D eigenvalue weighted by Gasteiger charge is 2.59. The van der Waals surface area contributed by atoms with E-state index >= 15 is 4.39 Å². The van der Waals surface area contributed by atoms with Crippen LogP contribution in [0.5, 0.6) is 5.75 Å². The Hall–Kier alpha value is -3.19. The van der Waals surface area contributed by atoms with Gasteiger partial charge in [-0.25, -0.2) is 18.0 Å². The van der Waals surface area contributed by atoms with Gasteiger partial charge in [0.2, 0.25) is 0 Å². The van der Waals surface area contributed by atoms with Gasteiger partial charge in [0.25, 0.3) is 6.43 Å². The van der Waals surface area contributed by atoms with Gasteiger partial charge in [-0.15, -0.1) is 0 Å². The lowest BCUT2D eigenvalue weighted by atomic mass is 9.85. The van der Waals surface area contributed by atoms with Crippen molar-refractivity contribution in [3.63, 3.8) is 0 Å². The van der Waals surface area contributed by atoms with Crippen molar-refractivity contribution < 1.29 is 32.0 Å². The van der Waals surface area contributed by atoms with Gasteiger partial charge >= 0.3 is 6.09 Å². The molecule has 2 aromatic rings. The molecule has 1 aromatic carbocycles. The van der Waals surface area contributed by atoms with E-state index in [0.717, 1.165) is 0 Å². The number of rotatable bonds is 7. The van der Waals surface area contributed by atoms with Gasteiger partial charge < -0.3 is 15.2 Å². The third kappa shape index (κ3) is 5.01. The Morgan fingerprint density at radius 1 is 1.30 bits per heavy atom. The molecular formula is C24H30F3N5O4S. The second-order valence-electron chi connectivity index (χ2n) is 9.70. The first-order valence-corrected chi connectivity index (χ1v) is 13.5. The molecule has 37 heavy (non-hydrogen) atoms. The Labute approximate surface area is 213 Å². The summed E-state index contributed by atoms with van der Waals surface area (Å²) in [4.78, 5) is 20.4. The van der Waals surface area contributed by atoms with E-state index in [0.29, 0.717) is 24.3 Å². The number of halogens is 3. The van der Waals surface area contributed by atoms with E-state index in [1.54, 1.807) is 39.0 Å². The summed E-state index contributed by atoms with van der Waals surface area (Å²) in [6.07, 6.45) is -2.09. The molecule has 0 radical (unpaired) electrons. The Kier molecular flexibility index (Phi) is 7.21. The number of alkyl halides is 2. The lowest BCUT2D eigenvalue weighted by Gasteiger charge is -2.51. The number of hydrogen-bond donors (Lipinski definition) is 5. The van der Waals surface area contributed by atoms with Gasteiger partial charge in [-0.1, -0.05) is 0 Å². The minimum atomic E-state index is -3.25. The van der Waals surface area contributed by atoms with Crippen LogP contribution in [0.1, 0.15) is 38.4 Å². The monoisotopic (exact) mass is 541 g/mol. The first-order valence-electron chi connectivity index (χ1n) is 11.7. The summed E-state index contributed by atoms with van der Waals surface area (Å²) in [6, 6.07) is 7.56. The number of ether oxygens (including phenoxy) is 1. The largest absolute Gasteiger partial charge is 0.486 e. The highest BCUT2D eigenvalue weighted by Crippen LogP contribution is 2.49. The molecule has 1 aromatic heterocycles. The molecule has 0 aliphatic carbocycles. The highest BCUT2D eigenvalue weighted by atomic mass is 32.3. The molecule has 4 N–H and O–H groups in total. The maximum Gasteiger partial charge on any atom is 0.410 e. The number of carboxylic acid groups (broad SMARTS) is 1. The number of aliphatic imine (C=N–C) groups is 1. The Bertz CT molecular complexity index is 1260. The third-order valence-corrected chi connectivity index (χ3v) is 11.2. The van der Waals surface area contributed by atoms with Crippen LogP contribution in [0.4, 0.5) is 23.7 Å². The van der Waals surface area contributed by atoms with Gasteiger partial charge in [0, 0.05) is 17.8 Å². The standard InChI is InChI=1S/C24H30F3N5O4S/c1-23(2)21(31-22(33)34)32-24(3,19-8-9-30-37(19,23)35)17-10-14(5-7-18(17)25)28-11-15-4-6-16(12-29-15)36-13-20(26)27/h4-7,10,12,19-20,28,37H,8-9,11,13H2,1-3H3,(H,30,35)(H,31,32)(H,33,34)/t19-,24+/m0/s1. The molecule has 13 heteroatoms. The number of thiol groups is 1. The average Bonchev–Trinajstić information content (AvgIpc) is 3.26. The van der Waals surface area contributed by atoms with Crippen molar-refractivity contribution in [2.75, 3.05) is 18.5 Å². The summed E-state index contributed by atoms with van der Waals surface area (Å²) in [5.41, 5.74) is 0.0356. The fourth-order valence-corrected chi connectivity index (χ4v) is 8.65. The fraction of sp³-hybridized carbons (Fsp3) is 0.458. The topological polar surface area (TPSA) is 125 Å². The molecule has 0 saturated carbocycles. The van der Waals surface area contributed by atoms with Crippen molar-refractivity contribution >= 4 is 27.7 Å². The molecule has 1 saturated heterocycles. The molecule has 9 nitrogen and oxygen atoms in total. The first-order chi connectivity index (χ1) is 17.4. The normalized spacial score (nSPS) is 24.6. The smallest absolute Gasteiger partial charge is 0.410 e. The second-order valence-corrected chi connectivity index (χ2v) is 13.1. The molecule has 1 amide bonds. The molecule has 1 fully saturated rings. The van der Waals surface area contributed by atoms with Gasteiger partial charge in [-0.05, 0) is 67.6 Å². The molecule has 2 atom stereocenters. The van der Waals surface area contributed by atoms with Crippen molar-refractivity contribution in [1.29, 1.82) is 0 Å². The van der Waals surface area contributed by atoms with E-state index in [4.69, 9.17) is 4.74 Å². The van der Waals surface area contributed by atoms with Crippen molar-refractivity contribution in [2.45, 2.75) is 55.7 Å². The minimum Gasteiger partial charge on any atom is -0.486 e. The Morgan fingerprint density at radius 2 is 2.05 bits per heavy atom. The molecule has 202 valence electrons. The van der Waals surface area contributed by atoms with E-state index in [-0.39, 0.29) is 23.7 Å². The van der Waals surface area contributed by atoms with Crippen LogP contribution in [0.25, 0.3) is 0 Å². The first kappa shape index (κ1) is 26.9. The van der Waals surface area contributed by atoms with Crippen LogP contribution in [0.3, 0.4) is 0 Å². The second kappa shape index (κ2) is 9.93. The fourth-order valence-electron chi connectivity index (χ4n) is 4.98. The lowest BCUT2D eigenvalue weighted by molar-refractivity contribution is 0.0817. The number of amides is 1. The summed E-state index contributed by atoms with van der Waals surface area (Å²) in [5.74, 6) is -0.310. The van der Waals surface area contributed by atoms with E-state index in [1.807, 2.05) is 0 Å². The molecule has 2 aliphatic heterocycles. The SMILES string of the molecule is CC1(C)C(NC(=O)O)=N[C@](C)(c2cc(NCc3ccc(OCC(F)F)cn3)ccc2F)[C@@H]2CCN[SH]21=O. The summed E-state index contributed by atoms with van der Waals surface area (Å²) in [5, 5.41) is 14.3. The van der Waals surface area contributed by atoms with Gasteiger partial charge in [0.1, 0.15) is 29.5 Å². The number of aromatic nitrogens is 1. The lowest BCUT2D eigenvalue weighted by Crippen LogP contribution is -2.65. The number of hydrogen-bond acceptors (Lipinski definition) is 6. The quantitative estimate of drug-likeness (QED) is 0.342. The summed E-state index contributed by atoms with van der Waals surface area (Å²) < 4.78 is 61.0. The third-order valence-electron chi connectivity index (χ3n) is 6.99. The maximum atomic E-state index is 15.3. The van der Waals surface area contributed by atoms with Crippen LogP contribution in [-0.4, -0.2) is 55.8 Å². The zero-order chi connectivity index (χ0) is 27.0. The van der Waals surface area contributed by atoms with Crippen LogP contribution in [0.2, 0.25) is 0 Å². The van der Waals surface area contributed by atoms with Gasteiger partial charge in [-0.2, -0.15) is 0 Å². The highest BCUT2D eigenvalue weighted by molar-refractivity contribution is 8.04. The van der Waals surface area contributed by atoms with Crippen molar-refractivity contribution in [2.24, 2.45) is 4.99 Å². The number of anilines is 1. The Morgan fingerprint density at radius 3 is 2.70 bits per heavy atom. The number of benzene rings is 1. The van der Waals surface area contributed by atoms with Crippen LogP contribution >= 0.6 is 0 Å².